The minimum atomic E-state index is 0.571. The molecule has 2 aliphatic rings. The maximum Gasteiger partial charge on any atom is 0.197 e. The molecule has 0 saturated heterocycles. The van der Waals surface area contributed by atoms with E-state index in [4.69, 9.17) is 9.15 Å². The van der Waals surface area contributed by atoms with E-state index in [9.17, 15) is 0 Å². The van der Waals surface area contributed by atoms with Crippen molar-refractivity contribution in [2.24, 2.45) is 0 Å². The smallest absolute Gasteiger partial charge is 0.197 e. The molecule has 0 amide bonds. The third-order valence-corrected chi connectivity index (χ3v) is 4.53. The average Bonchev–Trinajstić information content (AvgIpc) is 3.31. The number of rotatable bonds is 4. The number of benzene rings is 2. The molecule has 2 aromatic carbocycles. The highest BCUT2D eigenvalue weighted by Gasteiger charge is 2.22. The number of fused-ring (bicyclic) bond motifs is 5. The summed E-state index contributed by atoms with van der Waals surface area (Å²) >= 11 is 0. The fourth-order valence-electron chi connectivity index (χ4n) is 3.44. The normalized spacial score (nSPS) is 11.6. The quantitative estimate of drug-likeness (QED) is 0.418. The number of aromatic amines is 2. The largest absolute Gasteiger partial charge is 0.490 e. The number of oxazole rings is 1. The van der Waals surface area contributed by atoms with Gasteiger partial charge < -0.3 is 14.5 Å². The number of nitrogens with zero attached hydrogens (tertiary/aromatic N) is 1. The lowest BCUT2D eigenvalue weighted by molar-refractivity contribution is 0.338. The van der Waals surface area contributed by atoms with Gasteiger partial charge >= 0.3 is 0 Å². The summed E-state index contributed by atoms with van der Waals surface area (Å²) in [7, 11) is 0. The van der Waals surface area contributed by atoms with Gasteiger partial charge in [0.05, 0.1) is 12.3 Å². The molecule has 6 nitrogen and oxygen atoms in total. The summed E-state index contributed by atoms with van der Waals surface area (Å²) < 4.78 is 11.6. The van der Waals surface area contributed by atoms with E-state index >= 15 is 0 Å². The first-order valence-corrected chi connectivity index (χ1v) is 8.62. The Bertz CT molecular complexity index is 1180. The van der Waals surface area contributed by atoms with Crippen LogP contribution in [0.3, 0.4) is 0 Å². The first-order valence-electron chi connectivity index (χ1n) is 8.62. The lowest BCUT2D eigenvalue weighted by Crippen LogP contribution is -1.91. The molecule has 26 heavy (non-hydrogen) atoms. The Kier molecular flexibility index (Phi) is 3.18. The first kappa shape index (κ1) is 14.9. The molecule has 0 radical (unpaired) electrons. The number of nitrogens with one attached hydrogen (secondary N) is 3. The number of hydrogen-bond acceptors (Lipinski definition) is 4. The highest BCUT2D eigenvalue weighted by Crippen LogP contribution is 2.44. The van der Waals surface area contributed by atoms with Gasteiger partial charge in [0.25, 0.3) is 0 Å². The van der Waals surface area contributed by atoms with E-state index in [1.54, 1.807) is 0 Å². The Morgan fingerprint density at radius 2 is 1.96 bits per heavy atom. The van der Waals surface area contributed by atoms with Gasteiger partial charge in [-0.3, -0.25) is 10.2 Å². The number of anilines is 2. The molecule has 0 bridgehead atoms. The van der Waals surface area contributed by atoms with E-state index in [1.807, 2.05) is 50.2 Å². The van der Waals surface area contributed by atoms with Crippen LogP contribution in [0.4, 0.5) is 11.5 Å². The Hall–Kier alpha value is -3.41. The molecular formula is C20H18N4O2. The lowest BCUT2D eigenvalue weighted by atomic mass is 10.1. The summed E-state index contributed by atoms with van der Waals surface area (Å²) in [6.45, 7) is 4.39. The van der Waals surface area contributed by atoms with Crippen molar-refractivity contribution in [1.82, 2.24) is 15.2 Å². The minimum Gasteiger partial charge on any atom is -0.490 e. The predicted molar refractivity (Wildman–Crippen MR) is 102 cm³/mol. The molecule has 0 atom stereocenters. The fourth-order valence-corrected chi connectivity index (χ4v) is 3.44. The number of para-hydroxylation sites is 1. The van der Waals surface area contributed by atoms with Crippen LogP contribution >= 0.6 is 0 Å². The van der Waals surface area contributed by atoms with Crippen molar-refractivity contribution in [2.75, 3.05) is 11.9 Å². The second kappa shape index (κ2) is 5.56. The molecule has 5 rings (SSSR count). The van der Waals surface area contributed by atoms with Crippen molar-refractivity contribution in [2.45, 2.75) is 13.8 Å². The zero-order valence-corrected chi connectivity index (χ0v) is 14.5. The average molecular weight is 346 g/mol. The highest BCUT2D eigenvalue weighted by molar-refractivity contribution is 6.15. The highest BCUT2D eigenvalue weighted by atomic mass is 16.5. The molecule has 0 spiro atoms. The van der Waals surface area contributed by atoms with Crippen molar-refractivity contribution < 1.29 is 9.15 Å². The predicted octanol–water partition coefficient (Wildman–Crippen LogP) is 5.19. The molecule has 3 N–H and O–H groups in total. The van der Waals surface area contributed by atoms with Gasteiger partial charge in [-0.2, -0.15) is 0 Å². The van der Waals surface area contributed by atoms with E-state index in [0.29, 0.717) is 18.1 Å². The SMILES string of the molecule is CCOc1cc2c3[nH][nH]c(Nc4ccccc4)c-3cc2c2nc(C)oc12. The van der Waals surface area contributed by atoms with Crippen LogP contribution in [0.25, 0.3) is 33.1 Å². The van der Waals surface area contributed by atoms with Gasteiger partial charge in [0.2, 0.25) is 0 Å². The maximum atomic E-state index is 5.79. The van der Waals surface area contributed by atoms with Crippen LogP contribution in [0, 0.1) is 6.92 Å². The van der Waals surface area contributed by atoms with Gasteiger partial charge in [0.1, 0.15) is 11.3 Å². The number of aryl methyl sites for hydroxylation is 1. The molecule has 0 saturated carbocycles. The third-order valence-electron chi connectivity index (χ3n) is 4.53. The summed E-state index contributed by atoms with van der Waals surface area (Å²) in [6.07, 6.45) is 0. The van der Waals surface area contributed by atoms with Crippen molar-refractivity contribution in [3.8, 4) is 17.0 Å². The molecule has 6 heteroatoms. The second-order valence-corrected chi connectivity index (χ2v) is 6.23. The van der Waals surface area contributed by atoms with Crippen molar-refractivity contribution in [3.05, 3.63) is 48.4 Å². The second-order valence-electron chi connectivity index (χ2n) is 6.23. The summed E-state index contributed by atoms with van der Waals surface area (Å²) in [5, 5.41) is 12.0. The molecule has 1 aliphatic heterocycles. The molecule has 1 aliphatic carbocycles. The Labute approximate surface area is 149 Å². The van der Waals surface area contributed by atoms with Crippen LogP contribution in [-0.2, 0) is 0 Å². The van der Waals surface area contributed by atoms with Crippen LogP contribution < -0.4 is 10.1 Å². The summed E-state index contributed by atoms with van der Waals surface area (Å²) in [6, 6.07) is 14.2. The van der Waals surface area contributed by atoms with Crippen LogP contribution in [0.2, 0.25) is 0 Å². The number of H-pyrrole nitrogens is 2. The van der Waals surface area contributed by atoms with Gasteiger partial charge in [0, 0.05) is 28.9 Å². The zero-order chi connectivity index (χ0) is 17.7. The van der Waals surface area contributed by atoms with E-state index < -0.39 is 0 Å². The monoisotopic (exact) mass is 346 g/mol. The Balaban J connectivity index is 1.71. The van der Waals surface area contributed by atoms with Gasteiger partial charge in [0.15, 0.2) is 17.2 Å². The molecule has 0 unspecified atom stereocenters. The summed E-state index contributed by atoms with van der Waals surface area (Å²) in [5.41, 5.74) is 4.64. The molecular weight excluding hydrogens is 328 g/mol. The van der Waals surface area contributed by atoms with Crippen molar-refractivity contribution in [1.29, 1.82) is 0 Å². The topological polar surface area (TPSA) is 78.9 Å². The van der Waals surface area contributed by atoms with E-state index in [0.717, 1.165) is 44.8 Å². The summed E-state index contributed by atoms with van der Waals surface area (Å²) in [5.74, 6) is 2.26. The van der Waals surface area contributed by atoms with E-state index in [2.05, 4.69) is 26.6 Å². The van der Waals surface area contributed by atoms with Gasteiger partial charge in [-0.25, -0.2) is 4.98 Å². The maximum absolute atomic E-state index is 5.79. The minimum absolute atomic E-state index is 0.571. The zero-order valence-electron chi connectivity index (χ0n) is 14.5. The molecule has 2 heterocycles. The summed E-state index contributed by atoms with van der Waals surface area (Å²) in [4.78, 5) is 4.58. The lowest BCUT2D eigenvalue weighted by Gasteiger charge is -2.04. The van der Waals surface area contributed by atoms with E-state index in [-0.39, 0.29) is 0 Å². The van der Waals surface area contributed by atoms with Crippen LogP contribution in [0.5, 0.6) is 5.75 Å². The van der Waals surface area contributed by atoms with E-state index in [1.165, 1.54) is 0 Å². The molecule has 3 aromatic rings. The molecule has 0 fully saturated rings. The number of hydrogen-bond donors (Lipinski definition) is 3. The van der Waals surface area contributed by atoms with Crippen molar-refractivity contribution in [3.63, 3.8) is 0 Å². The van der Waals surface area contributed by atoms with Crippen LogP contribution in [-0.4, -0.2) is 21.8 Å². The van der Waals surface area contributed by atoms with Crippen LogP contribution in [0.1, 0.15) is 12.8 Å². The fraction of sp³-hybridized carbons (Fsp3) is 0.150. The standard InChI is InChI=1S/C20H18N4O2/c1-3-25-16-10-14-13(18-19(16)26-11(2)21-18)9-15-17(14)23-24-20(15)22-12-7-5-4-6-8-12/h4-10,22-24H,3H2,1-2H3. The third kappa shape index (κ3) is 2.15. The number of aromatic nitrogens is 3. The van der Waals surface area contributed by atoms with Gasteiger partial charge in [-0.1, -0.05) is 18.2 Å². The van der Waals surface area contributed by atoms with Crippen LogP contribution in [0.15, 0.2) is 46.9 Å². The first-order chi connectivity index (χ1) is 12.7. The Morgan fingerprint density at radius 3 is 2.77 bits per heavy atom. The molecule has 130 valence electrons. The van der Waals surface area contributed by atoms with Gasteiger partial charge in [-0.15, -0.1) is 0 Å². The van der Waals surface area contributed by atoms with Crippen molar-refractivity contribution >= 4 is 33.4 Å². The number of ether oxygens (including phenoxy) is 1. The van der Waals surface area contributed by atoms with Gasteiger partial charge in [-0.05, 0) is 31.2 Å². The Morgan fingerprint density at radius 1 is 1.12 bits per heavy atom. The molecule has 1 aromatic heterocycles.